The molecule has 0 rings (SSSR count). The second kappa shape index (κ2) is 20.7. The Kier molecular flexibility index (Phi) is 19.5. The van der Waals surface area contributed by atoms with Crippen LogP contribution >= 0.6 is 0 Å². The van der Waals surface area contributed by atoms with Crippen molar-refractivity contribution in [2.75, 3.05) is 13.7 Å². The van der Waals surface area contributed by atoms with Gasteiger partial charge in [0.15, 0.2) is 0 Å². The summed E-state index contributed by atoms with van der Waals surface area (Å²) in [6.45, 7) is 2.28. The Morgan fingerprint density at radius 1 is 0.720 bits per heavy atom. The molecule has 0 spiro atoms. The topological polar surface area (TPSA) is 29.5 Å². The number of rotatable bonds is 16. The smallest absolute Gasteiger partial charge is 0.0802 e. The van der Waals surface area contributed by atoms with Gasteiger partial charge in [0.25, 0.3) is 0 Å². The Morgan fingerprint density at radius 3 is 1.64 bits per heavy atom. The van der Waals surface area contributed by atoms with Gasteiger partial charge in [-0.05, 0) is 51.4 Å². The molecule has 0 aromatic heterocycles. The molecule has 1 atom stereocenters. The molecule has 1 unspecified atom stereocenters. The van der Waals surface area contributed by atoms with E-state index in [1.165, 1.54) is 0 Å². The van der Waals surface area contributed by atoms with Gasteiger partial charge in [-0.25, -0.2) is 0 Å². The zero-order valence-corrected chi connectivity index (χ0v) is 16.3. The molecule has 0 bridgehead atoms. The second-order valence-electron chi connectivity index (χ2n) is 6.03. The van der Waals surface area contributed by atoms with Gasteiger partial charge >= 0.3 is 0 Å². The molecule has 0 amide bonds. The largest absolute Gasteiger partial charge is 0.394 e. The summed E-state index contributed by atoms with van der Waals surface area (Å²) in [5, 5.41) is 9.01. The molecule has 0 fully saturated rings. The van der Waals surface area contributed by atoms with E-state index in [1.54, 1.807) is 7.11 Å². The van der Waals surface area contributed by atoms with Gasteiger partial charge in [0, 0.05) is 7.11 Å². The summed E-state index contributed by atoms with van der Waals surface area (Å²) in [5.74, 6) is 0. The lowest BCUT2D eigenvalue weighted by Crippen LogP contribution is -2.14. The molecule has 0 aromatic rings. The van der Waals surface area contributed by atoms with Crippen LogP contribution in [-0.4, -0.2) is 24.9 Å². The van der Waals surface area contributed by atoms with Gasteiger partial charge in [-0.15, -0.1) is 0 Å². The maximum atomic E-state index is 9.01. The van der Waals surface area contributed by atoms with Crippen molar-refractivity contribution in [2.24, 2.45) is 0 Å². The quantitative estimate of drug-likeness (QED) is 0.262. The number of aliphatic hydroxyl groups excluding tert-OH is 1. The molecule has 1 N–H and O–H groups in total. The number of unbranched alkanes of at least 4 members (excludes halogenated alkanes) is 2. The summed E-state index contributed by atoms with van der Waals surface area (Å²) in [6, 6.07) is 0. The van der Waals surface area contributed by atoms with Crippen molar-refractivity contribution in [3.05, 3.63) is 60.8 Å². The van der Waals surface area contributed by atoms with E-state index in [4.69, 9.17) is 9.84 Å². The van der Waals surface area contributed by atoms with Gasteiger partial charge in [-0.1, -0.05) is 74.1 Å². The van der Waals surface area contributed by atoms with E-state index in [0.717, 1.165) is 57.8 Å². The Morgan fingerprint density at radius 2 is 1.20 bits per heavy atom. The minimum Gasteiger partial charge on any atom is -0.394 e. The van der Waals surface area contributed by atoms with Gasteiger partial charge in [0.05, 0.1) is 12.7 Å². The van der Waals surface area contributed by atoms with Gasteiger partial charge in [-0.2, -0.15) is 0 Å². The molecule has 0 saturated heterocycles. The van der Waals surface area contributed by atoms with Crippen LogP contribution in [0, 0.1) is 0 Å². The van der Waals surface area contributed by atoms with E-state index in [1.807, 2.05) is 0 Å². The molecule has 0 aliphatic rings. The summed E-state index contributed by atoms with van der Waals surface area (Å²) < 4.78 is 5.14. The van der Waals surface area contributed by atoms with E-state index in [0.29, 0.717) is 0 Å². The minimum atomic E-state index is 0.00773. The Labute approximate surface area is 155 Å². The van der Waals surface area contributed by atoms with Crippen molar-refractivity contribution >= 4 is 0 Å². The van der Waals surface area contributed by atoms with Crippen molar-refractivity contribution in [1.82, 2.24) is 0 Å². The van der Waals surface area contributed by atoms with Crippen LogP contribution < -0.4 is 0 Å². The molecular formula is C23H38O2. The minimum absolute atomic E-state index is 0.00773. The van der Waals surface area contributed by atoms with Crippen molar-refractivity contribution in [2.45, 2.75) is 70.8 Å². The lowest BCUT2D eigenvalue weighted by Gasteiger charge is -2.10. The van der Waals surface area contributed by atoms with Crippen LogP contribution in [0.2, 0.25) is 0 Å². The Balaban J connectivity index is 3.47. The third-order valence-electron chi connectivity index (χ3n) is 3.84. The summed E-state index contributed by atoms with van der Waals surface area (Å²) in [6.07, 6.45) is 31.7. The summed E-state index contributed by atoms with van der Waals surface area (Å²) in [7, 11) is 1.66. The van der Waals surface area contributed by atoms with Crippen LogP contribution in [0.3, 0.4) is 0 Å². The third kappa shape index (κ3) is 18.8. The average Bonchev–Trinajstić information content (AvgIpc) is 2.64. The monoisotopic (exact) mass is 346 g/mol. The highest BCUT2D eigenvalue weighted by molar-refractivity contribution is 5.00. The van der Waals surface area contributed by atoms with Crippen LogP contribution in [0.15, 0.2) is 60.8 Å². The fraction of sp³-hybridized carbons (Fsp3) is 0.565. The van der Waals surface area contributed by atoms with Crippen molar-refractivity contribution in [1.29, 1.82) is 0 Å². The normalized spacial score (nSPS) is 14.2. The van der Waals surface area contributed by atoms with Crippen LogP contribution in [0.25, 0.3) is 0 Å². The zero-order chi connectivity index (χ0) is 18.4. The summed E-state index contributed by atoms with van der Waals surface area (Å²) >= 11 is 0. The SMILES string of the molecule is CCC=CCC=CCC=CCC=CCC=CCCCCC(CO)OC. The predicted octanol–water partition coefficient (Wildman–Crippen LogP) is 6.31. The van der Waals surface area contributed by atoms with Crippen LogP contribution in [-0.2, 0) is 4.74 Å². The molecule has 0 radical (unpaired) electrons. The standard InChI is InChI=1S/C23H38O2/c1-3-4-5-6-7-8-9-10-11-12-13-14-15-16-17-18-19-20-21-23(22-24)25-2/h4-5,7-8,10-11,13-14,16-17,23-24H,3,6,9,12,15,18-22H2,1-2H3. The van der Waals surface area contributed by atoms with Gasteiger partial charge in [0.2, 0.25) is 0 Å². The van der Waals surface area contributed by atoms with Gasteiger partial charge < -0.3 is 9.84 Å². The molecule has 2 heteroatoms. The van der Waals surface area contributed by atoms with E-state index < -0.39 is 0 Å². The number of aliphatic hydroxyl groups is 1. The lowest BCUT2D eigenvalue weighted by molar-refractivity contribution is 0.0416. The highest BCUT2D eigenvalue weighted by Gasteiger charge is 2.03. The van der Waals surface area contributed by atoms with E-state index in [-0.39, 0.29) is 12.7 Å². The molecule has 0 aromatic carbocycles. The van der Waals surface area contributed by atoms with Crippen molar-refractivity contribution in [3.8, 4) is 0 Å². The molecule has 0 heterocycles. The van der Waals surface area contributed by atoms with E-state index in [9.17, 15) is 0 Å². The zero-order valence-electron chi connectivity index (χ0n) is 16.3. The summed E-state index contributed by atoms with van der Waals surface area (Å²) in [4.78, 5) is 0. The van der Waals surface area contributed by atoms with Gasteiger partial charge in [-0.3, -0.25) is 0 Å². The molecule has 2 nitrogen and oxygen atoms in total. The van der Waals surface area contributed by atoms with Crippen molar-refractivity contribution < 1.29 is 9.84 Å². The highest BCUT2D eigenvalue weighted by atomic mass is 16.5. The third-order valence-corrected chi connectivity index (χ3v) is 3.84. The maximum Gasteiger partial charge on any atom is 0.0802 e. The molecule has 0 saturated carbocycles. The number of hydrogen-bond donors (Lipinski definition) is 1. The lowest BCUT2D eigenvalue weighted by atomic mass is 10.1. The molecule has 0 aliphatic heterocycles. The molecule has 142 valence electrons. The second-order valence-corrected chi connectivity index (χ2v) is 6.03. The van der Waals surface area contributed by atoms with E-state index in [2.05, 4.69) is 67.7 Å². The first-order valence-corrected chi connectivity index (χ1v) is 9.73. The number of allylic oxidation sites excluding steroid dienone is 10. The Bertz CT molecular complexity index is 398. The number of ether oxygens (including phenoxy) is 1. The first kappa shape index (κ1) is 23.6. The Hall–Kier alpha value is -1.38. The van der Waals surface area contributed by atoms with Crippen LogP contribution in [0.1, 0.15) is 64.7 Å². The highest BCUT2D eigenvalue weighted by Crippen LogP contribution is 2.06. The maximum absolute atomic E-state index is 9.01. The van der Waals surface area contributed by atoms with Crippen LogP contribution in [0.4, 0.5) is 0 Å². The van der Waals surface area contributed by atoms with Gasteiger partial charge in [0.1, 0.15) is 0 Å². The fourth-order valence-electron chi connectivity index (χ4n) is 2.29. The first-order chi connectivity index (χ1) is 12.3. The fourth-order valence-corrected chi connectivity index (χ4v) is 2.29. The molecule has 25 heavy (non-hydrogen) atoms. The van der Waals surface area contributed by atoms with E-state index >= 15 is 0 Å². The summed E-state index contributed by atoms with van der Waals surface area (Å²) in [5.41, 5.74) is 0. The number of methoxy groups -OCH3 is 1. The predicted molar refractivity (Wildman–Crippen MR) is 111 cm³/mol. The van der Waals surface area contributed by atoms with Crippen LogP contribution in [0.5, 0.6) is 0 Å². The molecular weight excluding hydrogens is 308 g/mol. The first-order valence-electron chi connectivity index (χ1n) is 9.73. The van der Waals surface area contributed by atoms with Crippen molar-refractivity contribution in [3.63, 3.8) is 0 Å². The average molecular weight is 347 g/mol. The molecule has 0 aliphatic carbocycles. The number of hydrogen-bond acceptors (Lipinski definition) is 2.